The summed E-state index contributed by atoms with van der Waals surface area (Å²) in [6.07, 6.45) is 1.78. The van der Waals surface area contributed by atoms with Gasteiger partial charge in [-0.2, -0.15) is 0 Å². The van der Waals surface area contributed by atoms with Crippen molar-refractivity contribution in [2.75, 3.05) is 13.2 Å². The Balaban J connectivity index is 2.13. The van der Waals surface area contributed by atoms with E-state index in [9.17, 15) is 4.79 Å². The lowest BCUT2D eigenvalue weighted by Crippen LogP contribution is -2.42. The van der Waals surface area contributed by atoms with E-state index in [-0.39, 0.29) is 30.6 Å². The van der Waals surface area contributed by atoms with Gasteiger partial charge in [0.2, 0.25) is 0 Å². The fourth-order valence-corrected chi connectivity index (χ4v) is 2.69. The number of rotatable bonds is 3. The summed E-state index contributed by atoms with van der Waals surface area (Å²) in [5, 5.41) is 14.3. The van der Waals surface area contributed by atoms with Crippen LogP contribution in [0.3, 0.4) is 0 Å². The highest BCUT2D eigenvalue weighted by atomic mass is 16.3. The number of carbonyl (C=O) groups excluding carboxylic acids is 1. The molecule has 2 amide bonds. The maximum atomic E-state index is 11.7. The molecule has 0 aliphatic heterocycles. The molecule has 2 rings (SSSR count). The lowest BCUT2D eigenvalue weighted by molar-refractivity contribution is 0.211. The Morgan fingerprint density at radius 2 is 2.32 bits per heavy atom. The summed E-state index contributed by atoms with van der Waals surface area (Å²) in [5.41, 5.74) is 1.18. The summed E-state index contributed by atoms with van der Waals surface area (Å²) in [7, 11) is 0. The summed E-state index contributed by atoms with van der Waals surface area (Å²) >= 11 is 0. The van der Waals surface area contributed by atoms with E-state index >= 15 is 0 Å². The molecule has 5 nitrogen and oxygen atoms in total. The molecule has 3 N–H and O–H groups in total. The third-order valence-electron chi connectivity index (χ3n) is 3.44. The Kier molecular flexibility index (Phi) is 3.85. The molecule has 1 aromatic heterocycles. The van der Waals surface area contributed by atoms with Crippen molar-refractivity contribution in [1.82, 2.24) is 10.6 Å². The first-order chi connectivity index (χ1) is 8.91. The Hall–Kier alpha value is -1.49. The Morgan fingerprint density at radius 3 is 3.00 bits per heavy atom. The van der Waals surface area contributed by atoms with Gasteiger partial charge in [-0.05, 0) is 24.8 Å². The van der Waals surface area contributed by atoms with Crippen molar-refractivity contribution in [1.29, 1.82) is 0 Å². The number of furan rings is 1. The van der Waals surface area contributed by atoms with Gasteiger partial charge in [0.1, 0.15) is 11.5 Å². The van der Waals surface area contributed by atoms with E-state index in [1.807, 2.05) is 13.0 Å². The van der Waals surface area contributed by atoms with Crippen molar-refractivity contribution in [3.8, 4) is 0 Å². The predicted molar refractivity (Wildman–Crippen MR) is 71.9 cm³/mol. The van der Waals surface area contributed by atoms with Gasteiger partial charge in [0.05, 0.1) is 12.6 Å². The Bertz CT molecular complexity index is 465. The number of hydrogen-bond donors (Lipinski definition) is 3. The van der Waals surface area contributed by atoms with Crippen molar-refractivity contribution in [2.24, 2.45) is 5.41 Å². The van der Waals surface area contributed by atoms with Gasteiger partial charge in [0, 0.05) is 18.5 Å². The van der Waals surface area contributed by atoms with Crippen molar-refractivity contribution < 1.29 is 14.3 Å². The number of carbonyl (C=O) groups is 1. The van der Waals surface area contributed by atoms with Gasteiger partial charge in [-0.1, -0.05) is 13.8 Å². The van der Waals surface area contributed by atoms with Crippen molar-refractivity contribution in [3.05, 3.63) is 23.2 Å². The highest BCUT2D eigenvalue weighted by Crippen LogP contribution is 2.41. The van der Waals surface area contributed by atoms with Gasteiger partial charge >= 0.3 is 6.03 Å². The molecule has 0 aromatic carbocycles. The second-order valence-electron chi connectivity index (χ2n) is 5.96. The molecule has 0 fully saturated rings. The highest BCUT2D eigenvalue weighted by molar-refractivity contribution is 5.74. The van der Waals surface area contributed by atoms with Gasteiger partial charge in [-0.25, -0.2) is 4.79 Å². The van der Waals surface area contributed by atoms with Crippen LogP contribution >= 0.6 is 0 Å². The van der Waals surface area contributed by atoms with Crippen LogP contribution in [-0.4, -0.2) is 24.3 Å². The summed E-state index contributed by atoms with van der Waals surface area (Å²) in [4.78, 5) is 11.7. The zero-order valence-corrected chi connectivity index (χ0v) is 11.7. The number of aliphatic hydroxyl groups excluding tert-OH is 1. The average Bonchev–Trinajstić information content (AvgIpc) is 2.65. The summed E-state index contributed by atoms with van der Waals surface area (Å²) < 4.78 is 5.72. The van der Waals surface area contributed by atoms with Crippen LogP contribution in [0.2, 0.25) is 0 Å². The Labute approximate surface area is 113 Å². The van der Waals surface area contributed by atoms with Gasteiger partial charge in [0.25, 0.3) is 0 Å². The van der Waals surface area contributed by atoms with Crippen LogP contribution in [0.4, 0.5) is 4.79 Å². The number of fused-ring (bicyclic) bond motifs is 1. The van der Waals surface area contributed by atoms with E-state index in [0.29, 0.717) is 0 Å². The third kappa shape index (κ3) is 3.29. The molecular formula is C14H22N2O3. The predicted octanol–water partition coefficient (Wildman–Crippen LogP) is 1.89. The monoisotopic (exact) mass is 266 g/mol. The molecule has 0 saturated heterocycles. The van der Waals surface area contributed by atoms with Crippen molar-refractivity contribution >= 4 is 6.03 Å². The molecule has 1 atom stereocenters. The molecular weight excluding hydrogens is 244 g/mol. The first-order valence-corrected chi connectivity index (χ1v) is 6.66. The SMILES string of the molecule is Cc1cc2c(o1)CC(C)(C)CC2NC(=O)NCCO. The first kappa shape index (κ1) is 13.9. The molecule has 1 aliphatic carbocycles. The number of amides is 2. The lowest BCUT2D eigenvalue weighted by atomic mass is 9.75. The van der Waals surface area contributed by atoms with Gasteiger partial charge in [-0.15, -0.1) is 0 Å². The number of hydrogen-bond acceptors (Lipinski definition) is 3. The fourth-order valence-electron chi connectivity index (χ4n) is 2.69. The number of nitrogens with one attached hydrogen (secondary N) is 2. The van der Waals surface area contributed by atoms with E-state index in [1.165, 1.54) is 0 Å². The average molecular weight is 266 g/mol. The second kappa shape index (κ2) is 5.25. The zero-order chi connectivity index (χ0) is 14.0. The molecule has 5 heteroatoms. The molecule has 1 unspecified atom stereocenters. The number of aryl methyl sites for hydroxylation is 1. The van der Waals surface area contributed by atoms with E-state index in [1.54, 1.807) is 0 Å². The van der Waals surface area contributed by atoms with Crippen molar-refractivity contribution in [2.45, 2.75) is 39.7 Å². The van der Waals surface area contributed by atoms with Gasteiger partial charge < -0.3 is 20.2 Å². The molecule has 1 aromatic rings. The van der Waals surface area contributed by atoms with Crippen LogP contribution in [0.1, 0.15) is 43.4 Å². The lowest BCUT2D eigenvalue weighted by Gasteiger charge is -2.34. The maximum absolute atomic E-state index is 11.7. The largest absolute Gasteiger partial charge is 0.466 e. The van der Waals surface area contributed by atoms with Crippen LogP contribution < -0.4 is 10.6 Å². The minimum Gasteiger partial charge on any atom is -0.466 e. The summed E-state index contributed by atoms with van der Waals surface area (Å²) in [5.74, 6) is 1.85. The van der Waals surface area contributed by atoms with Gasteiger partial charge in [-0.3, -0.25) is 0 Å². The van der Waals surface area contributed by atoms with Crippen LogP contribution in [0.15, 0.2) is 10.5 Å². The molecule has 0 radical (unpaired) electrons. The molecule has 1 heterocycles. The normalized spacial score (nSPS) is 20.7. The molecule has 106 valence electrons. The van der Waals surface area contributed by atoms with Gasteiger partial charge in [0.15, 0.2) is 0 Å². The standard InChI is InChI=1S/C14H22N2O3/c1-9-6-10-11(16-13(18)15-4-5-17)7-14(2,3)8-12(10)19-9/h6,11,17H,4-5,7-8H2,1-3H3,(H2,15,16,18). The number of aliphatic hydroxyl groups is 1. The molecule has 0 spiro atoms. The second-order valence-corrected chi connectivity index (χ2v) is 5.96. The highest BCUT2D eigenvalue weighted by Gasteiger charge is 2.35. The molecule has 19 heavy (non-hydrogen) atoms. The molecule has 0 saturated carbocycles. The summed E-state index contributed by atoms with van der Waals surface area (Å²) in [6, 6.07) is 1.72. The van der Waals surface area contributed by atoms with Crippen LogP contribution in [-0.2, 0) is 6.42 Å². The topological polar surface area (TPSA) is 74.5 Å². The van der Waals surface area contributed by atoms with E-state index in [2.05, 4.69) is 24.5 Å². The minimum absolute atomic E-state index is 0.0325. The third-order valence-corrected chi connectivity index (χ3v) is 3.44. The maximum Gasteiger partial charge on any atom is 0.315 e. The first-order valence-electron chi connectivity index (χ1n) is 6.66. The van der Waals surface area contributed by atoms with E-state index in [0.717, 1.165) is 29.9 Å². The van der Waals surface area contributed by atoms with Crippen LogP contribution in [0.25, 0.3) is 0 Å². The number of urea groups is 1. The summed E-state index contributed by atoms with van der Waals surface area (Å²) in [6.45, 7) is 6.48. The fraction of sp³-hybridized carbons (Fsp3) is 0.643. The Morgan fingerprint density at radius 1 is 1.58 bits per heavy atom. The zero-order valence-electron chi connectivity index (χ0n) is 11.7. The quantitative estimate of drug-likeness (QED) is 0.782. The molecule has 1 aliphatic rings. The van der Waals surface area contributed by atoms with E-state index < -0.39 is 0 Å². The minimum atomic E-state index is -0.249. The van der Waals surface area contributed by atoms with E-state index in [4.69, 9.17) is 9.52 Å². The van der Waals surface area contributed by atoms with Crippen LogP contribution in [0.5, 0.6) is 0 Å². The smallest absolute Gasteiger partial charge is 0.315 e. The van der Waals surface area contributed by atoms with Crippen LogP contribution in [0, 0.1) is 12.3 Å². The molecule has 0 bridgehead atoms. The van der Waals surface area contributed by atoms with Crippen molar-refractivity contribution in [3.63, 3.8) is 0 Å².